The van der Waals surface area contributed by atoms with Gasteiger partial charge in [0.1, 0.15) is 12.4 Å². The fraction of sp³-hybridized carbons (Fsp3) is 0.538. The van der Waals surface area contributed by atoms with Gasteiger partial charge in [0, 0.05) is 13.1 Å². The Balaban J connectivity index is 2.22. The minimum atomic E-state index is 0.214. The highest BCUT2D eigenvalue weighted by Crippen LogP contribution is 2.07. The van der Waals surface area contributed by atoms with E-state index in [1.807, 2.05) is 30.3 Å². The van der Waals surface area contributed by atoms with Crippen molar-refractivity contribution in [1.29, 1.82) is 0 Å². The summed E-state index contributed by atoms with van der Waals surface area (Å²) in [6.45, 7) is 5.63. The van der Waals surface area contributed by atoms with E-state index in [0.717, 1.165) is 31.8 Å². The summed E-state index contributed by atoms with van der Waals surface area (Å²) in [7, 11) is 0. The fourth-order valence-electron chi connectivity index (χ4n) is 1.60. The van der Waals surface area contributed by atoms with Crippen LogP contribution in [0.4, 0.5) is 0 Å². The molecule has 0 heterocycles. The molecule has 1 aromatic rings. The molecule has 0 aliphatic rings. The number of hydrogen-bond acceptors (Lipinski definition) is 3. The van der Waals surface area contributed by atoms with Gasteiger partial charge < -0.3 is 9.84 Å². The second-order valence-electron chi connectivity index (χ2n) is 3.73. The van der Waals surface area contributed by atoms with Crippen molar-refractivity contribution in [2.45, 2.75) is 13.3 Å². The van der Waals surface area contributed by atoms with Gasteiger partial charge in [-0.3, -0.25) is 4.90 Å². The highest BCUT2D eigenvalue weighted by atomic mass is 16.5. The lowest BCUT2D eigenvalue weighted by Gasteiger charge is -2.20. The van der Waals surface area contributed by atoms with E-state index < -0.39 is 0 Å². The van der Waals surface area contributed by atoms with Crippen LogP contribution >= 0.6 is 0 Å². The normalized spacial score (nSPS) is 10.7. The van der Waals surface area contributed by atoms with Gasteiger partial charge in [0.05, 0.1) is 6.61 Å². The monoisotopic (exact) mass is 223 g/mol. The van der Waals surface area contributed by atoms with Crippen LogP contribution in [0, 0.1) is 0 Å². The van der Waals surface area contributed by atoms with Gasteiger partial charge in [-0.05, 0) is 25.1 Å². The molecule has 3 nitrogen and oxygen atoms in total. The number of benzene rings is 1. The van der Waals surface area contributed by atoms with Crippen molar-refractivity contribution < 1.29 is 9.84 Å². The van der Waals surface area contributed by atoms with Crippen LogP contribution in [-0.4, -0.2) is 42.9 Å². The van der Waals surface area contributed by atoms with Crippen LogP contribution in [0.2, 0.25) is 0 Å². The van der Waals surface area contributed by atoms with Gasteiger partial charge in [-0.25, -0.2) is 0 Å². The molecule has 0 aliphatic heterocycles. The van der Waals surface area contributed by atoms with E-state index in [-0.39, 0.29) is 6.61 Å². The summed E-state index contributed by atoms with van der Waals surface area (Å²) < 4.78 is 5.61. The Morgan fingerprint density at radius 1 is 1.12 bits per heavy atom. The summed E-state index contributed by atoms with van der Waals surface area (Å²) in [6, 6.07) is 9.81. The van der Waals surface area contributed by atoms with E-state index in [1.165, 1.54) is 0 Å². The topological polar surface area (TPSA) is 32.7 Å². The molecule has 3 heteroatoms. The van der Waals surface area contributed by atoms with Crippen molar-refractivity contribution in [3.8, 4) is 5.75 Å². The third-order valence-corrected chi connectivity index (χ3v) is 2.38. The molecular formula is C13H21NO2. The minimum Gasteiger partial charge on any atom is -0.492 e. The summed E-state index contributed by atoms with van der Waals surface area (Å²) in [5, 5.41) is 8.90. The Morgan fingerprint density at radius 3 is 2.50 bits per heavy atom. The van der Waals surface area contributed by atoms with Crippen molar-refractivity contribution in [3.05, 3.63) is 30.3 Å². The third-order valence-electron chi connectivity index (χ3n) is 2.38. The molecule has 1 rings (SSSR count). The predicted octanol–water partition coefficient (Wildman–Crippen LogP) is 1.77. The largest absolute Gasteiger partial charge is 0.492 e. The number of nitrogens with zero attached hydrogens (tertiary/aromatic N) is 1. The Bertz CT molecular complexity index is 258. The van der Waals surface area contributed by atoms with Crippen LogP contribution in [0.1, 0.15) is 13.3 Å². The molecule has 1 N–H and O–H groups in total. The van der Waals surface area contributed by atoms with Gasteiger partial charge in [-0.15, -0.1) is 0 Å². The van der Waals surface area contributed by atoms with Crippen LogP contribution in [-0.2, 0) is 0 Å². The van der Waals surface area contributed by atoms with Crippen molar-refractivity contribution in [2.75, 3.05) is 32.8 Å². The number of para-hydroxylation sites is 1. The highest BCUT2D eigenvalue weighted by molar-refractivity contribution is 5.20. The number of aliphatic hydroxyl groups is 1. The molecule has 0 saturated heterocycles. The van der Waals surface area contributed by atoms with Gasteiger partial charge >= 0.3 is 0 Å². The van der Waals surface area contributed by atoms with Crippen molar-refractivity contribution in [3.63, 3.8) is 0 Å². The summed E-state index contributed by atoms with van der Waals surface area (Å²) in [6.07, 6.45) is 1.10. The van der Waals surface area contributed by atoms with Gasteiger partial charge in [-0.1, -0.05) is 25.1 Å². The molecule has 0 unspecified atom stereocenters. The SMILES string of the molecule is CCCN(CCO)CCOc1ccccc1. The zero-order valence-corrected chi connectivity index (χ0v) is 9.93. The molecule has 0 amide bonds. The van der Waals surface area contributed by atoms with Gasteiger partial charge in [0.2, 0.25) is 0 Å². The molecule has 90 valence electrons. The van der Waals surface area contributed by atoms with Crippen molar-refractivity contribution in [1.82, 2.24) is 4.90 Å². The summed E-state index contributed by atoms with van der Waals surface area (Å²) >= 11 is 0. The van der Waals surface area contributed by atoms with E-state index in [4.69, 9.17) is 9.84 Å². The van der Waals surface area contributed by atoms with Crippen molar-refractivity contribution in [2.24, 2.45) is 0 Å². The van der Waals surface area contributed by atoms with Gasteiger partial charge in [0.25, 0.3) is 0 Å². The van der Waals surface area contributed by atoms with E-state index in [1.54, 1.807) is 0 Å². The molecule has 0 aromatic heterocycles. The maximum Gasteiger partial charge on any atom is 0.119 e. The second kappa shape index (κ2) is 8.13. The highest BCUT2D eigenvalue weighted by Gasteiger charge is 2.02. The summed E-state index contributed by atoms with van der Waals surface area (Å²) in [5.74, 6) is 0.906. The lowest BCUT2D eigenvalue weighted by Crippen LogP contribution is -2.31. The Labute approximate surface area is 97.7 Å². The zero-order chi connectivity index (χ0) is 11.6. The fourth-order valence-corrected chi connectivity index (χ4v) is 1.60. The minimum absolute atomic E-state index is 0.214. The first-order valence-corrected chi connectivity index (χ1v) is 5.88. The average molecular weight is 223 g/mol. The number of aliphatic hydroxyl groups excluding tert-OH is 1. The van der Waals surface area contributed by atoms with Gasteiger partial charge in [-0.2, -0.15) is 0 Å². The number of hydrogen-bond donors (Lipinski definition) is 1. The van der Waals surface area contributed by atoms with E-state index in [0.29, 0.717) is 6.61 Å². The molecule has 1 aromatic carbocycles. The van der Waals surface area contributed by atoms with Crippen LogP contribution in [0.25, 0.3) is 0 Å². The molecule has 0 bridgehead atoms. The molecule has 0 atom stereocenters. The molecule has 16 heavy (non-hydrogen) atoms. The third kappa shape index (κ3) is 5.14. The average Bonchev–Trinajstić information content (AvgIpc) is 2.31. The maximum absolute atomic E-state index is 8.90. The second-order valence-corrected chi connectivity index (χ2v) is 3.73. The predicted molar refractivity (Wildman–Crippen MR) is 65.8 cm³/mol. The van der Waals surface area contributed by atoms with Crippen LogP contribution < -0.4 is 4.74 Å². The van der Waals surface area contributed by atoms with Crippen LogP contribution in [0.5, 0.6) is 5.75 Å². The van der Waals surface area contributed by atoms with E-state index >= 15 is 0 Å². The first-order valence-electron chi connectivity index (χ1n) is 5.88. The molecule has 0 saturated carbocycles. The van der Waals surface area contributed by atoms with E-state index in [9.17, 15) is 0 Å². The van der Waals surface area contributed by atoms with Crippen molar-refractivity contribution >= 4 is 0 Å². The summed E-state index contributed by atoms with van der Waals surface area (Å²) in [4.78, 5) is 2.21. The smallest absolute Gasteiger partial charge is 0.119 e. The number of rotatable bonds is 8. The first kappa shape index (κ1) is 13.0. The molecule has 0 spiro atoms. The molecular weight excluding hydrogens is 202 g/mol. The number of ether oxygens (including phenoxy) is 1. The maximum atomic E-state index is 8.90. The standard InChI is InChI=1S/C13H21NO2/c1-2-8-14(9-11-15)10-12-16-13-6-4-3-5-7-13/h3-7,15H,2,8-12H2,1H3. The lowest BCUT2D eigenvalue weighted by molar-refractivity contribution is 0.168. The first-order chi connectivity index (χ1) is 7.86. The molecule has 0 aliphatic carbocycles. The van der Waals surface area contributed by atoms with Crippen LogP contribution in [0.15, 0.2) is 30.3 Å². The Morgan fingerprint density at radius 2 is 1.88 bits per heavy atom. The van der Waals surface area contributed by atoms with Crippen LogP contribution in [0.3, 0.4) is 0 Å². The molecule has 0 fully saturated rings. The zero-order valence-electron chi connectivity index (χ0n) is 9.93. The Kier molecular flexibility index (Phi) is 6.61. The quantitative estimate of drug-likeness (QED) is 0.729. The lowest BCUT2D eigenvalue weighted by atomic mass is 10.3. The molecule has 0 radical (unpaired) electrons. The van der Waals surface area contributed by atoms with Gasteiger partial charge in [0.15, 0.2) is 0 Å². The van der Waals surface area contributed by atoms with E-state index in [2.05, 4.69) is 11.8 Å². The summed E-state index contributed by atoms with van der Waals surface area (Å²) in [5.41, 5.74) is 0. The Hall–Kier alpha value is -1.06.